The Kier molecular flexibility index (Phi) is 4.30. The molecule has 0 saturated heterocycles. The Labute approximate surface area is 85.0 Å². The van der Waals surface area contributed by atoms with Crippen molar-refractivity contribution in [2.24, 2.45) is 5.10 Å². The Bertz CT molecular complexity index is 351. The van der Waals surface area contributed by atoms with Gasteiger partial charge in [-0.3, -0.25) is 5.43 Å². The van der Waals surface area contributed by atoms with Crippen LogP contribution in [0.3, 0.4) is 0 Å². The number of hydrazone groups is 1. The van der Waals surface area contributed by atoms with Crippen LogP contribution >= 0.6 is 0 Å². The molecule has 0 aromatic heterocycles. The fourth-order valence-electron chi connectivity index (χ4n) is 0.905. The van der Waals surface area contributed by atoms with Crippen LogP contribution in [0.15, 0.2) is 35.4 Å². The van der Waals surface area contributed by atoms with E-state index >= 15 is 0 Å². The summed E-state index contributed by atoms with van der Waals surface area (Å²) in [5.74, 6) is 6.03. The monoisotopic (exact) mass is 186 g/mol. The van der Waals surface area contributed by atoms with Gasteiger partial charge in [-0.25, -0.2) is 0 Å². The number of nitrogens with zero attached hydrogens (tertiary/aromatic N) is 1. The molecule has 0 aliphatic heterocycles. The van der Waals surface area contributed by atoms with Crippen LogP contribution in [0.4, 0.5) is 0 Å². The van der Waals surface area contributed by atoms with E-state index in [0.29, 0.717) is 6.54 Å². The molecule has 0 radical (unpaired) electrons. The highest BCUT2D eigenvalue weighted by atomic mass is 15.3. The normalized spacial score (nSPS) is 8.43. The number of hydrogen-bond acceptors (Lipinski definition) is 2. The standard InChI is InChI=1S/C12H14N2/c1-11(2)14-13-10-6-9-12-7-4-3-5-8-12/h3-5,7-8,13H,10H2,1-2H3. The summed E-state index contributed by atoms with van der Waals surface area (Å²) in [6.07, 6.45) is 0. The van der Waals surface area contributed by atoms with Gasteiger partial charge >= 0.3 is 0 Å². The van der Waals surface area contributed by atoms with Crippen LogP contribution in [0.5, 0.6) is 0 Å². The molecule has 1 N–H and O–H groups in total. The van der Waals surface area contributed by atoms with Crippen LogP contribution in [-0.4, -0.2) is 12.3 Å². The maximum atomic E-state index is 4.02. The highest BCUT2D eigenvalue weighted by molar-refractivity contribution is 5.78. The van der Waals surface area contributed by atoms with E-state index in [2.05, 4.69) is 22.4 Å². The molecule has 0 aliphatic rings. The van der Waals surface area contributed by atoms with Gasteiger partial charge in [0.1, 0.15) is 0 Å². The maximum absolute atomic E-state index is 4.02. The van der Waals surface area contributed by atoms with E-state index in [0.717, 1.165) is 11.3 Å². The molecular formula is C12H14N2. The highest BCUT2D eigenvalue weighted by Crippen LogP contribution is 1.93. The Morgan fingerprint density at radius 1 is 1.29 bits per heavy atom. The third-order valence-electron chi connectivity index (χ3n) is 1.48. The molecule has 0 fully saturated rings. The maximum Gasteiger partial charge on any atom is 0.0941 e. The van der Waals surface area contributed by atoms with E-state index in [1.165, 1.54) is 0 Å². The van der Waals surface area contributed by atoms with Gasteiger partial charge in [-0.15, -0.1) is 0 Å². The molecule has 0 aliphatic carbocycles. The van der Waals surface area contributed by atoms with Gasteiger partial charge < -0.3 is 0 Å². The van der Waals surface area contributed by atoms with Crippen LogP contribution in [0.25, 0.3) is 0 Å². The summed E-state index contributed by atoms with van der Waals surface area (Å²) in [4.78, 5) is 0. The van der Waals surface area contributed by atoms with Crippen molar-refractivity contribution in [3.63, 3.8) is 0 Å². The minimum absolute atomic E-state index is 0.583. The molecule has 1 rings (SSSR count). The average Bonchev–Trinajstić information content (AvgIpc) is 2.18. The highest BCUT2D eigenvalue weighted by Gasteiger charge is 1.80. The minimum atomic E-state index is 0.583. The summed E-state index contributed by atoms with van der Waals surface area (Å²) in [5.41, 5.74) is 4.91. The van der Waals surface area contributed by atoms with Crippen LogP contribution in [-0.2, 0) is 0 Å². The van der Waals surface area contributed by atoms with E-state index in [4.69, 9.17) is 0 Å². The van der Waals surface area contributed by atoms with Gasteiger partial charge in [0.25, 0.3) is 0 Å². The van der Waals surface area contributed by atoms with Crippen molar-refractivity contribution in [1.82, 2.24) is 5.43 Å². The van der Waals surface area contributed by atoms with Gasteiger partial charge in [-0.05, 0) is 26.0 Å². The van der Waals surface area contributed by atoms with Crippen LogP contribution < -0.4 is 5.43 Å². The Balaban J connectivity index is 2.38. The predicted molar refractivity (Wildman–Crippen MR) is 60.1 cm³/mol. The summed E-state index contributed by atoms with van der Waals surface area (Å²) in [7, 11) is 0. The summed E-state index contributed by atoms with van der Waals surface area (Å²) >= 11 is 0. The molecule has 0 spiro atoms. The summed E-state index contributed by atoms with van der Waals surface area (Å²) in [5, 5.41) is 4.02. The largest absolute Gasteiger partial charge is 0.298 e. The second-order valence-electron chi connectivity index (χ2n) is 3.06. The van der Waals surface area contributed by atoms with Gasteiger partial charge in [0, 0.05) is 11.3 Å². The molecule has 0 atom stereocenters. The van der Waals surface area contributed by atoms with Gasteiger partial charge in [0.05, 0.1) is 6.54 Å². The molecule has 1 aromatic carbocycles. The first-order chi connectivity index (χ1) is 6.79. The Hall–Kier alpha value is -1.75. The third-order valence-corrected chi connectivity index (χ3v) is 1.48. The zero-order valence-corrected chi connectivity index (χ0v) is 8.54. The van der Waals surface area contributed by atoms with Crippen molar-refractivity contribution < 1.29 is 0 Å². The predicted octanol–water partition coefficient (Wildman–Crippen LogP) is 2.02. The van der Waals surface area contributed by atoms with Crippen molar-refractivity contribution in [3.05, 3.63) is 35.9 Å². The molecule has 1 aromatic rings. The molecule has 2 nitrogen and oxygen atoms in total. The first kappa shape index (κ1) is 10.3. The number of nitrogens with one attached hydrogen (secondary N) is 1. The fourth-order valence-corrected chi connectivity index (χ4v) is 0.905. The summed E-state index contributed by atoms with van der Waals surface area (Å²) in [6, 6.07) is 9.91. The lowest BCUT2D eigenvalue weighted by atomic mass is 10.2. The average molecular weight is 186 g/mol. The lowest BCUT2D eigenvalue weighted by Gasteiger charge is -1.92. The second-order valence-corrected chi connectivity index (χ2v) is 3.06. The molecule has 0 bridgehead atoms. The van der Waals surface area contributed by atoms with Crippen molar-refractivity contribution >= 4 is 5.71 Å². The summed E-state index contributed by atoms with van der Waals surface area (Å²) in [6.45, 7) is 4.47. The molecule has 2 heteroatoms. The fraction of sp³-hybridized carbons (Fsp3) is 0.250. The smallest absolute Gasteiger partial charge is 0.0941 e. The van der Waals surface area contributed by atoms with Gasteiger partial charge in [0.2, 0.25) is 0 Å². The number of benzene rings is 1. The minimum Gasteiger partial charge on any atom is -0.298 e. The lowest BCUT2D eigenvalue weighted by molar-refractivity contribution is 0.836. The first-order valence-corrected chi connectivity index (χ1v) is 4.57. The zero-order valence-electron chi connectivity index (χ0n) is 8.54. The number of hydrogen-bond donors (Lipinski definition) is 1. The van der Waals surface area contributed by atoms with E-state index in [1.807, 2.05) is 44.2 Å². The van der Waals surface area contributed by atoms with Crippen molar-refractivity contribution in [1.29, 1.82) is 0 Å². The zero-order chi connectivity index (χ0) is 10.2. The van der Waals surface area contributed by atoms with E-state index in [-0.39, 0.29) is 0 Å². The first-order valence-electron chi connectivity index (χ1n) is 4.57. The quantitative estimate of drug-likeness (QED) is 0.325. The van der Waals surface area contributed by atoms with Crippen molar-refractivity contribution in [2.75, 3.05) is 6.54 Å². The van der Waals surface area contributed by atoms with Crippen LogP contribution in [0.1, 0.15) is 19.4 Å². The van der Waals surface area contributed by atoms with Gasteiger partial charge in [0.15, 0.2) is 0 Å². The second kappa shape index (κ2) is 5.82. The summed E-state index contributed by atoms with van der Waals surface area (Å²) < 4.78 is 0. The van der Waals surface area contributed by atoms with Crippen LogP contribution in [0.2, 0.25) is 0 Å². The van der Waals surface area contributed by atoms with Crippen molar-refractivity contribution in [3.8, 4) is 11.8 Å². The SMILES string of the molecule is CC(C)=NNCC#Cc1ccccc1. The van der Waals surface area contributed by atoms with E-state index in [9.17, 15) is 0 Å². The third kappa shape index (κ3) is 4.32. The number of rotatable bonds is 2. The Morgan fingerprint density at radius 3 is 2.64 bits per heavy atom. The van der Waals surface area contributed by atoms with E-state index < -0.39 is 0 Å². The lowest BCUT2D eigenvalue weighted by Crippen LogP contribution is -2.06. The molecule has 14 heavy (non-hydrogen) atoms. The molecule has 72 valence electrons. The molecule has 0 heterocycles. The van der Waals surface area contributed by atoms with Crippen LogP contribution in [0, 0.1) is 11.8 Å². The Morgan fingerprint density at radius 2 is 2.00 bits per heavy atom. The molecule has 0 saturated carbocycles. The van der Waals surface area contributed by atoms with E-state index in [1.54, 1.807) is 0 Å². The molecule has 0 amide bonds. The molecule has 0 unspecified atom stereocenters. The van der Waals surface area contributed by atoms with Gasteiger partial charge in [-0.1, -0.05) is 30.0 Å². The van der Waals surface area contributed by atoms with Gasteiger partial charge in [-0.2, -0.15) is 5.10 Å². The molecular weight excluding hydrogens is 172 g/mol. The van der Waals surface area contributed by atoms with Crippen molar-refractivity contribution in [2.45, 2.75) is 13.8 Å². The topological polar surface area (TPSA) is 24.4 Å².